The molecule has 0 atom stereocenters. The SMILES string of the molecule is O=C(CCCN1C(=O)c2ccccc2C1=O)NCCCCCCO. The van der Waals surface area contributed by atoms with Crippen LogP contribution in [0.5, 0.6) is 0 Å². The van der Waals surface area contributed by atoms with Crippen LogP contribution in [0.3, 0.4) is 0 Å². The van der Waals surface area contributed by atoms with Crippen LogP contribution < -0.4 is 5.32 Å². The number of carbonyl (C=O) groups excluding carboxylic acids is 3. The average Bonchev–Trinajstić information content (AvgIpc) is 2.83. The minimum Gasteiger partial charge on any atom is -0.396 e. The molecule has 1 heterocycles. The minimum atomic E-state index is -0.278. The number of aliphatic hydroxyl groups is 1. The van der Waals surface area contributed by atoms with Gasteiger partial charge in [-0.05, 0) is 31.4 Å². The zero-order chi connectivity index (χ0) is 17.4. The molecule has 0 fully saturated rings. The molecule has 0 radical (unpaired) electrons. The number of aliphatic hydroxyl groups excluding tert-OH is 1. The molecule has 130 valence electrons. The summed E-state index contributed by atoms with van der Waals surface area (Å²) in [6, 6.07) is 6.78. The molecule has 0 aromatic heterocycles. The number of benzene rings is 1. The van der Waals surface area contributed by atoms with Gasteiger partial charge in [0.25, 0.3) is 11.8 Å². The molecule has 2 rings (SSSR count). The summed E-state index contributed by atoms with van der Waals surface area (Å²) in [6.45, 7) is 1.09. The van der Waals surface area contributed by atoms with Gasteiger partial charge >= 0.3 is 0 Å². The second-order valence-corrected chi connectivity index (χ2v) is 5.90. The molecular weight excluding hydrogens is 308 g/mol. The minimum absolute atomic E-state index is 0.0613. The van der Waals surface area contributed by atoms with Gasteiger partial charge in [-0.2, -0.15) is 0 Å². The molecule has 6 nitrogen and oxygen atoms in total. The van der Waals surface area contributed by atoms with Crippen molar-refractivity contribution >= 4 is 17.7 Å². The van der Waals surface area contributed by atoms with Crippen molar-refractivity contribution in [3.8, 4) is 0 Å². The van der Waals surface area contributed by atoms with Gasteiger partial charge in [0.05, 0.1) is 11.1 Å². The Labute approximate surface area is 141 Å². The van der Waals surface area contributed by atoms with E-state index in [9.17, 15) is 14.4 Å². The molecule has 1 aliphatic rings. The van der Waals surface area contributed by atoms with Gasteiger partial charge in [-0.25, -0.2) is 0 Å². The highest BCUT2D eigenvalue weighted by Gasteiger charge is 2.34. The first-order chi connectivity index (χ1) is 11.6. The van der Waals surface area contributed by atoms with E-state index in [2.05, 4.69) is 5.32 Å². The third-order valence-corrected chi connectivity index (χ3v) is 4.07. The Kier molecular flexibility index (Phi) is 6.93. The van der Waals surface area contributed by atoms with Crippen LogP contribution >= 0.6 is 0 Å². The first-order valence-corrected chi connectivity index (χ1v) is 8.48. The summed E-state index contributed by atoms with van der Waals surface area (Å²) in [4.78, 5) is 37.3. The number of fused-ring (bicyclic) bond motifs is 1. The molecule has 0 bridgehead atoms. The van der Waals surface area contributed by atoms with Crippen LogP contribution in [0.25, 0.3) is 0 Å². The Morgan fingerprint density at radius 1 is 0.958 bits per heavy atom. The molecule has 2 N–H and O–H groups in total. The Morgan fingerprint density at radius 2 is 1.58 bits per heavy atom. The third kappa shape index (κ3) is 4.64. The van der Waals surface area contributed by atoms with Gasteiger partial charge in [-0.3, -0.25) is 19.3 Å². The molecule has 0 spiro atoms. The topological polar surface area (TPSA) is 86.7 Å². The summed E-state index contributed by atoms with van der Waals surface area (Å²) in [7, 11) is 0. The molecule has 3 amide bonds. The van der Waals surface area contributed by atoms with E-state index in [0.29, 0.717) is 30.5 Å². The second kappa shape index (κ2) is 9.17. The monoisotopic (exact) mass is 332 g/mol. The lowest BCUT2D eigenvalue weighted by molar-refractivity contribution is -0.121. The lowest BCUT2D eigenvalue weighted by Crippen LogP contribution is -2.32. The molecular formula is C18H24N2O4. The van der Waals surface area contributed by atoms with Gasteiger partial charge in [0.15, 0.2) is 0 Å². The van der Waals surface area contributed by atoms with E-state index in [1.807, 2.05) is 0 Å². The van der Waals surface area contributed by atoms with Crippen molar-refractivity contribution in [1.29, 1.82) is 0 Å². The van der Waals surface area contributed by atoms with Gasteiger partial charge in [0.2, 0.25) is 5.91 Å². The third-order valence-electron chi connectivity index (χ3n) is 4.07. The van der Waals surface area contributed by atoms with Crippen LogP contribution in [0.4, 0.5) is 0 Å². The highest BCUT2D eigenvalue weighted by Crippen LogP contribution is 2.22. The maximum absolute atomic E-state index is 12.2. The number of unbranched alkanes of at least 4 members (excludes halogenated alkanes) is 3. The molecule has 24 heavy (non-hydrogen) atoms. The van der Waals surface area contributed by atoms with Crippen molar-refractivity contribution < 1.29 is 19.5 Å². The number of imide groups is 1. The normalized spacial score (nSPS) is 13.3. The molecule has 0 aliphatic carbocycles. The fraction of sp³-hybridized carbons (Fsp3) is 0.500. The highest BCUT2D eigenvalue weighted by molar-refractivity contribution is 6.21. The summed E-state index contributed by atoms with van der Waals surface area (Å²) in [5, 5.41) is 11.5. The maximum Gasteiger partial charge on any atom is 0.261 e. The van der Waals surface area contributed by atoms with E-state index < -0.39 is 0 Å². The van der Waals surface area contributed by atoms with Gasteiger partial charge in [0.1, 0.15) is 0 Å². The number of amides is 3. The van der Waals surface area contributed by atoms with E-state index in [4.69, 9.17) is 5.11 Å². The summed E-state index contributed by atoms with van der Waals surface area (Å²) in [5.41, 5.74) is 0.879. The number of nitrogens with one attached hydrogen (secondary N) is 1. The van der Waals surface area contributed by atoms with Crippen molar-refractivity contribution in [2.24, 2.45) is 0 Å². The average molecular weight is 332 g/mol. The predicted octanol–water partition coefficient (Wildman–Crippen LogP) is 1.73. The van der Waals surface area contributed by atoms with Crippen molar-refractivity contribution in [3.63, 3.8) is 0 Å². The molecule has 0 unspecified atom stereocenters. The first kappa shape index (κ1) is 18.1. The van der Waals surface area contributed by atoms with Crippen molar-refractivity contribution in [1.82, 2.24) is 10.2 Å². The van der Waals surface area contributed by atoms with Crippen LogP contribution in [0.1, 0.15) is 59.2 Å². The van der Waals surface area contributed by atoms with E-state index >= 15 is 0 Å². The van der Waals surface area contributed by atoms with Crippen LogP contribution in [0, 0.1) is 0 Å². The lowest BCUT2D eigenvalue weighted by Gasteiger charge is -2.13. The number of hydrogen-bond acceptors (Lipinski definition) is 4. The van der Waals surface area contributed by atoms with Gasteiger partial charge in [-0.1, -0.05) is 25.0 Å². The molecule has 1 aromatic rings. The Hall–Kier alpha value is -2.21. The largest absolute Gasteiger partial charge is 0.396 e. The van der Waals surface area contributed by atoms with E-state index in [1.165, 1.54) is 4.90 Å². The van der Waals surface area contributed by atoms with Crippen LogP contribution in [0.15, 0.2) is 24.3 Å². The summed E-state index contributed by atoms with van der Waals surface area (Å²) in [5.74, 6) is -0.617. The number of rotatable bonds is 10. The number of hydrogen-bond donors (Lipinski definition) is 2. The van der Waals surface area contributed by atoms with Crippen LogP contribution in [-0.2, 0) is 4.79 Å². The van der Waals surface area contributed by atoms with Crippen molar-refractivity contribution in [3.05, 3.63) is 35.4 Å². The van der Waals surface area contributed by atoms with Crippen molar-refractivity contribution in [2.45, 2.75) is 38.5 Å². The fourth-order valence-electron chi connectivity index (χ4n) is 2.75. The molecule has 1 aliphatic heterocycles. The standard InChI is InChI=1S/C18H24N2O4/c21-13-6-2-1-5-11-19-16(22)10-7-12-20-17(23)14-8-3-4-9-15(14)18(20)24/h3-4,8-9,21H,1-2,5-7,10-13H2,(H,19,22). The van der Waals surface area contributed by atoms with E-state index in [0.717, 1.165) is 25.7 Å². The van der Waals surface area contributed by atoms with Crippen LogP contribution in [0.2, 0.25) is 0 Å². The highest BCUT2D eigenvalue weighted by atomic mass is 16.3. The summed E-state index contributed by atoms with van der Waals surface area (Å²) < 4.78 is 0. The predicted molar refractivity (Wildman–Crippen MR) is 89.6 cm³/mol. The Balaban J connectivity index is 1.65. The van der Waals surface area contributed by atoms with Gasteiger partial charge in [-0.15, -0.1) is 0 Å². The van der Waals surface area contributed by atoms with Crippen molar-refractivity contribution in [2.75, 3.05) is 19.7 Å². The number of carbonyl (C=O) groups is 3. The smallest absolute Gasteiger partial charge is 0.261 e. The second-order valence-electron chi connectivity index (χ2n) is 5.90. The van der Waals surface area contributed by atoms with Gasteiger partial charge in [0, 0.05) is 26.1 Å². The van der Waals surface area contributed by atoms with E-state index in [1.54, 1.807) is 24.3 Å². The van der Waals surface area contributed by atoms with Gasteiger partial charge < -0.3 is 10.4 Å². The summed E-state index contributed by atoms with van der Waals surface area (Å²) >= 11 is 0. The molecule has 0 saturated heterocycles. The summed E-state index contributed by atoms with van der Waals surface area (Å²) in [6.07, 6.45) is 4.40. The molecule has 6 heteroatoms. The lowest BCUT2D eigenvalue weighted by atomic mass is 10.1. The zero-order valence-corrected chi connectivity index (χ0v) is 13.8. The Morgan fingerprint density at radius 3 is 2.21 bits per heavy atom. The maximum atomic E-state index is 12.2. The zero-order valence-electron chi connectivity index (χ0n) is 13.8. The Bertz CT molecular complexity index is 565. The fourth-order valence-corrected chi connectivity index (χ4v) is 2.75. The molecule has 0 saturated carbocycles. The van der Waals surface area contributed by atoms with E-state index in [-0.39, 0.29) is 30.9 Å². The van der Waals surface area contributed by atoms with Crippen LogP contribution in [-0.4, -0.2) is 47.4 Å². The first-order valence-electron chi connectivity index (χ1n) is 8.48. The quantitative estimate of drug-likeness (QED) is 0.505. The molecule has 1 aromatic carbocycles. The number of nitrogens with zero attached hydrogens (tertiary/aromatic N) is 1.